The fourth-order valence-electron chi connectivity index (χ4n) is 3.24. The van der Waals surface area contributed by atoms with Crippen molar-refractivity contribution >= 4 is 11.8 Å². The van der Waals surface area contributed by atoms with Gasteiger partial charge in [-0.15, -0.1) is 0 Å². The minimum absolute atomic E-state index is 0.0537. The number of nitrogens with zero attached hydrogens (tertiary/aromatic N) is 1. The molecule has 2 amide bonds. The minimum atomic E-state index is -0.539. The third kappa shape index (κ3) is 8.25. The molecule has 2 aromatic carbocycles. The first-order valence-electron chi connectivity index (χ1n) is 11.3. The normalized spacial score (nSPS) is 11.5. The summed E-state index contributed by atoms with van der Waals surface area (Å²) in [6.07, 6.45) is 2.82. The van der Waals surface area contributed by atoms with E-state index in [0.717, 1.165) is 35.5 Å². The summed E-state index contributed by atoms with van der Waals surface area (Å²) in [4.78, 5) is 27.4. The molecule has 0 radical (unpaired) electrons. The van der Waals surface area contributed by atoms with Gasteiger partial charge in [0.15, 0.2) is 0 Å². The quantitative estimate of drug-likeness (QED) is 0.466. The maximum atomic E-state index is 13.1. The number of carbonyl (C=O) groups is 2. The Balaban J connectivity index is 1.95. The van der Waals surface area contributed by atoms with Gasteiger partial charge < -0.3 is 19.7 Å². The molecule has 0 aliphatic heterocycles. The lowest BCUT2D eigenvalue weighted by molar-refractivity contribution is -0.140. The number of methoxy groups -OCH3 is 1. The number of aryl methyl sites for hydroxylation is 1. The van der Waals surface area contributed by atoms with Crippen LogP contribution in [0.3, 0.4) is 0 Å². The molecule has 0 aromatic heterocycles. The first-order valence-corrected chi connectivity index (χ1v) is 11.3. The summed E-state index contributed by atoms with van der Waals surface area (Å²) in [6.45, 7) is 7.35. The Kier molecular flexibility index (Phi) is 10.6. The molecule has 2 rings (SSSR count). The summed E-state index contributed by atoms with van der Waals surface area (Å²) < 4.78 is 10.9. The molecule has 0 aliphatic carbocycles. The highest BCUT2D eigenvalue weighted by Crippen LogP contribution is 2.18. The number of unbranched alkanes of at least 4 members (excludes halogenated alkanes) is 1. The predicted molar refractivity (Wildman–Crippen MR) is 127 cm³/mol. The van der Waals surface area contributed by atoms with Crippen molar-refractivity contribution in [1.29, 1.82) is 0 Å². The Morgan fingerprint density at radius 1 is 1.00 bits per heavy atom. The summed E-state index contributed by atoms with van der Waals surface area (Å²) in [5.74, 6) is 1.33. The van der Waals surface area contributed by atoms with E-state index in [1.54, 1.807) is 18.9 Å². The summed E-state index contributed by atoms with van der Waals surface area (Å²) in [5, 5.41) is 2.94. The van der Waals surface area contributed by atoms with E-state index in [0.29, 0.717) is 32.5 Å². The Hall–Kier alpha value is -3.02. The highest BCUT2D eigenvalue weighted by Gasteiger charge is 2.25. The van der Waals surface area contributed by atoms with Crippen molar-refractivity contribution in [3.8, 4) is 11.5 Å². The molecule has 0 fully saturated rings. The van der Waals surface area contributed by atoms with Crippen molar-refractivity contribution in [3.05, 3.63) is 59.7 Å². The fraction of sp³-hybridized carbons (Fsp3) is 0.462. The molecule has 1 atom stereocenters. The zero-order valence-corrected chi connectivity index (χ0v) is 19.7. The van der Waals surface area contributed by atoms with E-state index in [4.69, 9.17) is 9.47 Å². The maximum Gasteiger partial charge on any atom is 0.242 e. The largest absolute Gasteiger partial charge is 0.497 e. The van der Waals surface area contributed by atoms with E-state index >= 15 is 0 Å². The Morgan fingerprint density at radius 2 is 1.66 bits per heavy atom. The summed E-state index contributed by atoms with van der Waals surface area (Å²) in [7, 11) is 1.62. The number of nitrogens with one attached hydrogen (secondary N) is 1. The molecule has 0 saturated carbocycles. The van der Waals surface area contributed by atoms with E-state index in [-0.39, 0.29) is 11.8 Å². The van der Waals surface area contributed by atoms with Crippen LogP contribution in [0.2, 0.25) is 0 Å². The van der Waals surface area contributed by atoms with Gasteiger partial charge in [0.25, 0.3) is 0 Å². The fourth-order valence-corrected chi connectivity index (χ4v) is 3.24. The van der Waals surface area contributed by atoms with E-state index in [1.807, 2.05) is 55.5 Å². The van der Waals surface area contributed by atoms with Gasteiger partial charge in [-0.2, -0.15) is 0 Å². The van der Waals surface area contributed by atoms with E-state index in [1.165, 1.54) is 0 Å². The van der Waals surface area contributed by atoms with Crippen molar-refractivity contribution in [3.63, 3.8) is 0 Å². The number of benzene rings is 2. The van der Waals surface area contributed by atoms with Gasteiger partial charge in [0.2, 0.25) is 11.8 Å². The van der Waals surface area contributed by atoms with Crippen molar-refractivity contribution in [2.45, 2.75) is 59.0 Å². The number of rotatable bonds is 13. The molecule has 0 spiro atoms. The summed E-state index contributed by atoms with van der Waals surface area (Å²) in [6, 6.07) is 14.9. The molecule has 0 heterocycles. The maximum absolute atomic E-state index is 13.1. The third-order valence-corrected chi connectivity index (χ3v) is 5.33. The summed E-state index contributed by atoms with van der Waals surface area (Å²) in [5.41, 5.74) is 2.17. The zero-order valence-electron chi connectivity index (χ0n) is 19.7. The van der Waals surface area contributed by atoms with Gasteiger partial charge in [-0.1, -0.05) is 43.2 Å². The molecule has 0 saturated heterocycles. The molecule has 0 bridgehead atoms. The second kappa shape index (κ2) is 13.4. The van der Waals surface area contributed by atoms with Crippen LogP contribution in [0.1, 0.15) is 50.7 Å². The predicted octanol–water partition coefficient (Wildman–Crippen LogP) is 4.50. The second-order valence-corrected chi connectivity index (χ2v) is 7.96. The van der Waals surface area contributed by atoms with Gasteiger partial charge in [-0.25, -0.2) is 0 Å². The molecule has 1 N–H and O–H groups in total. The average molecular weight is 441 g/mol. The third-order valence-electron chi connectivity index (χ3n) is 5.33. The van der Waals surface area contributed by atoms with Crippen LogP contribution in [-0.4, -0.2) is 43.0 Å². The average Bonchev–Trinajstić information content (AvgIpc) is 2.81. The van der Waals surface area contributed by atoms with E-state index < -0.39 is 6.04 Å². The highest BCUT2D eigenvalue weighted by molar-refractivity contribution is 5.87. The lowest BCUT2D eigenvalue weighted by atomic mass is 10.1. The van der Waals surface area contributed by atoms with Crippen LogP contribution in [0, 0.1) is 6.92 Å². The highest BCUT2D eigenvalue weighted by atomic mass is 16.5. The lowest BCUT2D eigenvalue weighted by Gasteiger charge is -2.29. The van der Waals surface area contributed by atoms with Crippen molar-refractivity contribution < 1.29 is 19.1 Å². The van der Waals surface area contributed by atoms with Gasteiger partial charge in [-0.05, 0) is 56.5 Å². The van der Waals surface area contributed by atoms with Crippen LogP contribution in [0.4, 0.5) is 0 Å². The molecule has 0 aliphatic rings. The Morgan fingerprint density at radius 3 is 2.28 bits per heavy atom. The van der Waals surface area contributed by atoms with Gasteiger partial charge >= 0.3 is 0 Å². The number of hydrogen-bond acceptors (Lipinski definition) is 4. The molecular formula is C26H36N2O4. The van der Waals surface area contributed by atoms with Gasteiger partial charge in [0.1, 0.15) is 17.5 Å². The van der Waals surface area contributed by atoms with Gasteiger partial charge in [-0.3, -0.25) is 9.59 Å². The Labute approximate surface area is 191 Å². The first-order chi connectivity index (χ1) is 15.4. The minimum Gasteiger partial charge on any atom is -0.497 e. The van der Waals surface area contributed by atoms with Crippen molar-refractivity contribution in [2.75, 3.05) is 20.3 Å². The SMILES string of the molecule is CCCCNC(=O)[C@H](C)N(Cc1ccc(C)cc1)C(=O)CCCOc1ccc(OC)cc1. The van der Waals surface area contributed by atoms with Crippen LogP contribution in [0.5, 0.6) is 11.5 Å². The Bertz CT molecular complexity index is 834. The monoisotopic (exact) mass is 440 g/mol. The van der Waals surface area contributed by atoms with Gasteiger partial charge in [0, 0.05) is 19.5 Å². The number of hydrogen-bond donors (Lipinski definition) is 1. The smallest absolute Gasteiger partial charge is 0.242 e. The number of ether oxygens (including phenoxy) is 2. The van der Waals surface area contributed by atoms with Crippen LogP contribution < -0.4 is 14.8 Å². The second-order valence-electron chi connectivity index (χ2n) is 7.96. The molecule has 0 unspecified atom stereocenters. The molecule has 32 heavy (non-hydrogen) atoms. The summed E-state index contributed by atoms with van der Waals surface area (Å²) >= 11 is 0. The van der Waals surface area contributed by atoms with Gasteiger partial charge in [0.05, 0.1) is 13.7 Å². The van der Waals surface area contributed by atoms with Crippen LogP contribution in [0.15, 0.2) is 48.5 Å². The topological polar surface area (TPSA) is 67.9 Å². The number of amides is 2. The van der Waals surface area contributed by atoms with Crippen LogP contribution >= 0.6 is 0 Å². The van der Waals surface area contributed by atoms with E-state index in [2.05, 4.69) is 12.2 Å². The first kappa shape index (κ1) is 25.2. The zero-order chi connectivity index (χ0) is 23.3. The molecule has 6 heteroatoms. The van der Waals surface area contributed by atoms with Crippen molar-refractivity contribution in [1.82, 2.24) is 10.2 Å². The molecular weight excluding hydrogens is 404 g/mol. The molecule has 174 valence electrons. The number of carbonyl (C=O) groups excluding carboxylic acids is 2. The van der Waals surface area contributed by atoms with Crippen molar-refractivity contribution in [2.24, 2.45) is 0 Å². The van der Waals surface area contributed by atoms with E-state index in [9.17, 15) is 9.59 Å². The molecule has 2 aromatic rings. The standard InChI is InChI=1S/C26H36N2O4/c1-5-6-17-27-26(30)21(3)28(19-22-11-9-20(2)10-12-22)25(29)8-7-18-32-24-15-13-23(31-4)14-16-24/h9-16,21H,5-8,17-19H2,1-4H3,(H,27,30)/t21-/m0/s1. The van der Waals surface area contributed by atoms with Crippen LogP contribution in [0.25, 0.3) is 0 Å². The van der Waals surface area contributed by atoms with Crippen LogP contribution in [-0.2, 0) is 16.1 Å². The lowest BCUT2D eigenvalue weighted by Crippen LogP contribution is -2.47. The molecule has 6 nitrogen and oxygen atoms in total.